The molecule has 0 aromatic carbocycles. The van der Waals surface area contributed by atoms with Crippen LogP contribution in [0.1, 0.15) is 0 Å². The molecule has 1 aliphatic rings. The van der Waals surface area contributed by atoms with Gasteiger partial charge in [0.2, 0.25) is 0 Å². The first kappa shape index (κ1) is 10.9. The van der Waals surface area contributed by atoms with E-state index in [-0.39, 0.29) is 0 Å². The van der Waals surface area contributed by atoms with E-state index in [4.69, 9.17) is 11.6 Å². The van der Waals surface area contributed by atoms with Crippen LogP contribution in [-0.4, -0.2) is 34.0 Å². The molecule has 14 heavy (non-hydrogen) atoms. The van der Waals surface area contributed by atoms with E-state index < -0.39 is 0 Å². The average molecular weight is 267 g/mol. The normalized spacial score (nSPS) is 22.2. The van der Waals surface area contributed by atoms with Crippen LogP contribution in [0.15, 0.2) is 6.20 Å². The smallest absolute Gasteiger partial charge is 0.184 e. The van der Waals surface area contributed by atoms with Crippen LogP contribution in [0.2, 0.25) is 4.34 Å². The molecule has 1 fully saturated rings. The molecule has 1 N–H and O–H groups in total. The summed E-state index contributed by atoms with van der Waals surface area (Å²) in [4.78, 5) is 4.16. The summed E-state index contributed by atoms with van der Waals surface area (Å²) in [6, 6.07) is 0. The molecule has 0 amide bonds. The summed E-state index contributed by atoms with van der Waals surface area (Å²) in [5.74, 6) is 3.82. The third kappa shape index (κ3) is 3.22. The number of thioether (sulfide) groups is 2. The van der Waals surface area contributed by atoms with Gasteiger partial charge in [0, 0.05) is 29.1 Å². The molecule has 2 heterocycles. The number of hydrogen-bond acceptors (Lipinski definition) is 5. The van der Waals surface area contributed by atoms with Crippen molar-refractivity contribution in [3.05, 3.63) is 10.5 Å². The Morgan fingerprint density at radius 2 is 2.50 bits per heavy atom. The minimum Gasteiger partial charge on any atom is -0.360 e. The lowest BCUT2D eigenvalue weighted by Gasteiger charge is -2.20. The second-order valence-corrected chi connectivity index (χ2v) is 7.14. The van der Waals surface area contributed by atoms with Crippen LogP contribution >= 0.6 is 46.5 Å². The highest BCUT2D eigenvalue weighted by Gasteiger charge is 2.14. The molecular weight excluding hydrogens is 256 g/mol. The standard InChI is InChI=1S/C8H11ClN2S3/c9-7-4-11-8(14-7)10-3-6-5-12-1-2-13-6/h4,6H,1-3,5H2,(H,10,11). The zero-order valence-corrected chi connectivity index (χ0v) is 10.7. The van der Waals surface area contributed by atoms with Crippen LogP contribution in [0.5, 0.6) is 0 Å². The number of nitrogens with zero attached hydrogens (tertiary/aromatic N) is 1. The van der Waals surface area contributed by atoms with E-state index in [1.165, 1.54) is 28.6 Å². The highest BCUT2D eigenvalue weighted by Crippen LogP contribution is 2.26. The summed E-state index contributed by atoms with van der Waals surface area (Å²) in [6.45, 7) is 1.00. The fourth-order valence-corrected chi connectivity index (χ4v) is 4.62. The lowest BCUT2D eigenvalue weighted by molar-refractivity contribution is 1.00. The number of rotatable bonds is 3. The van der Waals surface area contributed by atoms with Crippen molar-refractivity contribution in [3.8, 4) is 0 Å². The first-order valence-electron chi connectivity index (χ1n) is 4.39. The van der Waals surface area contributed by atoms with Crippen molar-refractivity contribution in [2.45, 2.75) is 5.25 Å². The van der Waals surface area contributed by atoms with Gasteiger partial charge in [0.25, 0.3) is 0 Å². The van der Waals surface area contributed by atoms with E-state index in [9.17, 15) is 0 Å². The monoisotopic (exact) mass is 266 g/mol. The Morgan fingerprint density at radius 3 is 3.14 bits per heavy atom. The van der Waals surface area contributed by atoms with Gasteiger partial charge in [0.05, 0.1) is 6.20 Å². The minimum atomic E-state index is 0.719. The molecule has 1 aliphatic heterocycles. The molecule has 1 aromatic rings. The van der Waals surface area contributed by atoms with Gasteiger partial charge in [-0.25, -0.2) is 4.98 Å². The largest absolute Gasteiger partial charge is 0.360 e. The number of aromatic nitrogens is 1. The van der Waals surface area contributed by atoms with Crippen molar-refractivity contribution in [3.63, 3.8) is 0 Å². The molecule has 1 unspecified atom stereocenters. The predicted octanol–water partition coefficient (Wildman–Crippen LogP) is 3.06. The van der Waals surface area contributed by atoms with Crippen LogP contribution in [0, 0.1) is 0 Å². The third-order valence-corrected chi connectivity index (χ3v) is 5.76. The second kappa shape index (κ2) is 5.49. The average Bonchev–Trinajstić information content (AvgIpc) is 2.63. The van der Waals surface area contributed by atoms with Crippen molar-refractivity contribution in [1.82, 2.24) is 4.98 Å². The molecule has 2 rings (SSSR count). The van der Waals surface area contributed by atoms with Gasteiger partial charge in [-0.2, -0.15) is 23.5 Å². The summed E-state index contributed by atoms with van der Waals surface area (Å²) in [5, 5.41) is 4.98. The van der Waals surface area contributed by atoms with E-state index in [2.05, 4.69) is 10.3 Å². The lowest BCUT2D eigenvalue weighted by Crippen LogP contribution is -2.23. The number of nitrogens with one attached hydrogen (secondary N) is 1. The fraction of sp³-hybridized carbons (Fsp3) is 0.625. The van der Waals surface area contributed by atoms with Crippen molar-refractivity contribution >= 4 is 51.6 Å². The summed E-state index contributed by atoms with van der Waals surface area (Å²) < 4.78 is 0.748. The molecule has 0 spiro atoms. The lowest BCUT2D eigenvalue weighted by atomic mass is 10.5. The van der Waals surface area contributed by atoms with E-state index in [1.807, 2.05) is 23.5 Å². The maximum absolute atomic E-state index is 5.79. The van der Waals surface area contributed by atoms with Gasteiger partial charge in [-0.05, 0) is 0 Å². The summed E-state index contributed by atoms with van der Waals surface area (Å²) >= 11 is 11.4. The molecule has 6 heteroatoms. The van der Waals surface area contributed by atoms with Crippen LogP contribution in [0.25, 0.3) is 0 Å². The van der Waals surface area contributed by atoms with Gasteiger partial charge < -0.3 is 5.32 Å². The van der Waals surface area contributed by atoms with Gasteiger partial charge in [-0.15, -0.1) is 0 Å². The van der Waals surface area contributed by atoms with Gasteiger partial charge in [0.1, 0.15) is 4.34 Å². The number of halogens is 1. The van der Waals surface area contributed by atoms with E-state index in [0.717, 1.165) is 21.3 Å². The molecule has 1 aromatic heterocycles. The molecule has 1 saturated heterocycles. The van der Waals surface area contributed by atoms with Crippen molar-refractivity contribution in [1.29, 1.82) is 0 Å². The Hall–Kier alpha value is 0.420. The maximum atomic E-state index is 5.79. The van der Waals surface area contributed by atoms with Crippen LogP contribution in [-0.2, 0) is 0 Å². The number of thiazole rings is 1. The minimum absolute atomic E-state index is 0.719. The third-order valence-electron chi connectivity index (χ3n) is 1.84. The fourth-order valence-electron chi connectivity index (χ4n) is 1.19. The first-order chi connectivity index (χ1) is 6.84. The highest BCUT2D eigenvalue weighted by atomic mass is 35.5. The van der Waals surface area contributed by atoms with Crippen molar-refractivity contribution in [2.75, 3.05) is 29.1 Å². The predicted molar refractivity (Wildman–Crippen MR) is 69.2 cm³/mol. The van der Waals surface area contributed by atoms with E-state index in [0.29, 0.717) is 0 Å². The molecule has 1 atom stereocenters. The summed E-state index contributed by atoms with van der Waals surface area (Å²) in [6.07, 6.45) is 1.69. The van der Waals surface area contributed by atoms with Crippen molar-refractivity contribution < 1.29 is 0 Å². The van der Waals surface area contributed by atoms with Crippen LogP contribution < -0.4 is 5.32 Å². The Labute approximate surface area is 101 Å². The second-order valence-electron chi connectivity index (χ2n) is 2.92. The summed E-state index contributed by atoms with van der Waals surface area (Å²) in [7, 11) is 0. The Bertz CT molecular complexity index is 286. The molecule has 78 valence electrons. The number of anilines is 1. The zero-order chi connectivity index (χ0) is 9.80. The molecule has 0 radical (unpaired) electrons. The van der Waals surface area contributed by atoms with Gasteiger partial charge in [-0.1, -0.05) is 22.9 Å². The number of hydrogen-bond donors (Lipinski definition) is 1. The van der Waals surface area contributed by atoms with Crippen LogP contribution in [0.3, 0.4) is 0 Å². The highest BCUT2D eigenvalue weighted by molar-refractivity contribution is 8.06. The van der Waals surface area contributed by atoms with Gasteiger partial charge in [-0.3, -0.25) is 0 Å². The molecular formula is C8H11ClN2S3. The molecule has 0 saturated carbocycles. The molecule has 2 nitrogen and oxygen atoms in total. The SMILES string of the molecule is Clc1cnc(NCC2CSCCS2)s1. The zero-order valence-electron chi connectivity index (χ0n) is 7.53. The Morgan fingerprint density at radius 1 is 1.57 bits per heavy atom. The summed E-state index contributed by atoms with van der Waals surface area (Å²) in [5.41, 5.74) is 0. The van der Waals surface area contributed by atoms with Crippen molar-refractivity contribution in [2.24, 2.45) is 0 Å². The first-order valence-corrected chi connectivity index (χ1v) is 7.79. The van der Waals surface area contributed by atoms with Gasteiger partial charge >= 0.3 is 0 Å². The molecule has 0 bridgehead atoms. The van der Waals surface area contributed by atoms with E-state index >= 15 is 0 Å². The molecule has 0 aliphatic carbocycles. The van der Waals surface area contributed by atoms with E-state index in [1.54, 1.807) is 6.20 Å². The quantitative estimate of drug-likeness (QED) is 0.909. The maximum Gasteiger partial charge on any atom is 0.184 e. The van der Waals surface area contributed by atoms with Crippen LogP contribution in [0.4, 0.5) is 5.13 Å². The Kier molecular flexibility index (Phi) is 4.28. The van der Waals surface area contributed by atoms with Gasteiger partial charge in [0.15, 0.2) is 5.13 Å². The topological polar surface area (TPSA) is 24.9 Å². The Balaban J connectivity index is 1.76.